The lowest BCUT2D eigenvalue weighted by atomic mass is 9.86. The summed E-state index contributed by atoms with van der Waals surface area (Å²) >= 11 is 1.59. The van der Waals surface area contributed by atoms with Crippen molar-refractivity contribution in [1.82, 2.24) is 19.8 Å². The predicted octanol–water partition coefficient (Wildman–Crippen LogP) is 4.00. The second-order valence-electron chi connectivity index (χ2n) is 9.03. The van der Waals surface area contributed by atoms with Gasteiger partial charge in [-0.25, -0.2) is 4.98 Å². The minimum Gasteiger partial charge on any atom is -0.340 e. The molecule has 1 aliphatic heterocycles. The van der Waals surface area contributed by atoms with Gasteiger partial charge < -0.3 is 9.88 Å². The largest absolute Gasteiger partial charge is 0.340 e. The van der Waals surface area contributed by atoms with Crippen molar-refractivity contribution < 1.29 is 4.79 Å². The summed E-state index contributed by atoms with van der Waals surface area (Å²) in [6, 6.07) is 0. The molecule has 1 amide bonds. The fraction of sp³-hybridized carbons (Fsp3) is 0.696. The van der Waals surface area contributed by atoms with Gasteiger partial charge in [-0.15, -0.1) is 11.3 Å². The summed E-state index contributed by atoms with van der Waals surface area (Å²) in [6.07, 6.45) is 9.81. The topological polar surface area (TPSA) is 69.3 Å². The average molecular weight is 431 g/mol. The summed E-state index contributed by atoms with van der Waals surface area (Å²) in [6.45, 7) is 7.85. The molecule has 4 rings (SSSR count). The third-order valence-corrected chi connectivity index (χ3v) is 8.02. The SMILES string of the molecule is Cc1sc2nc(CN3CCN(C(=O)CCCC4CCCCC4)CC3)[nH]c(=O)c2c1C. The maximum absolute atomic E-state index is 12.6. The Morgan fingerprint density at radius 3 is 2.60 bits per heavy atom. The molecule has 0 atom stereocenters. The van der Waals surface area contributed by atoms with Crippen molar-refractivity contribution >= 4 is 27.5 Å². The van der Waals surface area contributed by atoms with Gasteiger partial charge in [0.15, 0.2) is 0 Å². The molecule has 30 heavy (non-hydrogen) atoms. The van der Waals surface area contributed by atoms with E-state index in [1.165, 1.54) is 38.5 Å². The highest BCUT2D eigenvalue weighted by Gasteiger charge is 2.22. The molecular weight excluding hydrogens is 396 g/mol. The molecule has 0 aromatic carbocycles. The van der Waals surface area contributed by atoms with Crippen molar-refractivity contribution in [1.29, 1.82) is 0 Å². The molecule has 1 saturated heterocycles. The Morgan fingerprint density at radius 1 is 1.13 bits per heavy atom. The number of hydrogen-bond acceptors (Lipinski definition) is 5. The van der Waals surface area contributed by atoms with Gasteiger partial charge in [-0.05, 0) is 38.2 Å². The van der Waals surface area contributed by atoms with Crippen LogP contribution in [0.3, 0.4) is 0 Å². The number of rotatable bonds is 6. The number of thiophene rings is 1. The van der Waals surface area contributed by atoms with Crippen LogP contribution in [0.2, 0.25) is 0 Å². The number of carbonyl (C=O) groups is 1. The zero-order valence-electron chi connectivity index (χ0n) is 18.3. The van der Waals surface area contributed by atoms with E-state index in [4.69, 9.17) is 4.98 Å². The number of aromatic amines is 1. The highest BCUT2D eigenvalue weighted by Crippen LogP contribution is 2.28. The number of carbonyl (C=O) groups excluding carboxylic acids is 1. The molecule has 1 aliphatic carbocycles. The minimum absolute atomic E-state index is 0.0383. The van der Waals surface area contributed by atoms with E-state index in [0.29, 0.717) is 18.9 Å². The molecule has 2 aromatic rings. The van der Waals surface area contributed by atoms with Crippen molar-refractivity contribution in [2.45, 2.75) is 71.8 Å². The van der Waals surface area contributed by atoms with Crippen molar-refractivity contribution in [3.05, 3.63) is 26.6 Å². The molecule has 3 heterocycles. The predicted molar refractivity (Wildman–Crippen MR) is 122 cm³/mol. The fourth-order valence-electron chi connectivity index (χ4n) is 4.92. The Labute approximate surface area is 182 Å². The molecule has 0 bridgehead atoms. The number of nitrogens with one attached hydrogen (secondary N) is 1. The van der Waals surface area contributed by atoms with E-state index in [-0.39, 0.29) is 5.56 Å². The van der Waals surface area contributed by atoms with Crippen LogP contribution in [0, 0.1) is 19.8 Å². The van der Waals surface area contributed by atoms with E-state index in [9.17, 15) is 9.59 Å². The molecule has 7 heteroatoms. The number of piperazine rings is 1. The van der Waals surface area contributed by atoms with Crippen LogP contribution in [0.1, 0.15) is 67.6 Å². The Balaban J connectivity index is 1.25. The monoisotopic (exact) mass is 430 g/mol. The zero-order valence-corrected chi connectivity index (χ0v) is 19.2. The van der Waals surface area contributed by atoms with Gasteiger partial charge in [0.25, 0.3) is 5.56 Å². The molecule has 0 radical (unpaired) electrons. The van der Waals surface area contributed by atoms with Gasteiger partial charge in [-0.1, -0.05) is 32.1 Å². The second-order valence-corrected chi connectivity index (χ2v) is 10.2. The second kappa shape index (κ2) is 9.60. The van der Waals surface area contributed by atoms with Gasteiger partial charge in [-0.3, -0.25) is 14.5 Å². The molecule has 2 fully saturated rings. The summed E-state index contributed by atoms with van der Waals surface area (Å²) in [5.74, 6) is 1.88. The minimum atomic E-state index is -0.0383. The van der Waals surface area contributed by atoms with Crippen LogP contribution in [0.25, 0.3) is 10.2 Å². The molecule has 1 N–H and O–H groups in total. The first-order chi connectivity index (χ1) is 14.5. The normalized spacial score (nSPS) is 18.9. The lowest BCUT2D eigenvalue weighted by Crippen LogP contribution is -2.48. The molecule has 1 saturated carbocycles. The Bertz CT molecular complexity index is 937. The lowest BCUT2D eigenvalue weighted by Gasteiger charge is -2.34. The van der Waals surface area contributed by atoms with Gasteiger partial charge in [0.1, 0.15) is 10.7 Å². The highest BCUT2D eigenvalue weighted by molar-refractivity contribution is 7.18. The molecule has 0 unspecified atom stereocenters. The number of H-pyrrole nitrogens is 1. The summed E-state index contributed by atoms with van der Waals surface area (Å²) in [5.41, 5.74) is 0.995. The number of fused-ring (bicyclic) bond motifs is 1. The first-order valence-electron chi connectivity index (χ1n) is 11.5. The van der Waals surface area contributed by atoms with E-state index in [1.54, 1.807) is 11.3 Å². The van der Waals surface area contributed by atoms with Gasteiger partial charge in [0.05, 0.1) is 11.9 Å². The third kappa shape index (κ3) is 4.94. The van der Waals surface area contributed by atoms with Crippen molar-refractivity contribution in [3.8, 4) is 0 Å². The third-order valence-electron chi connectivity index (χ3n) is 6.91. The Hall–Kier alpha value is -1.73. The number of hydrogen-bond donors (Lipinski definition) is 1. The lowest BCUT2D eigenvalue weighted by molar-refractivity contribution is -0.133. The summed E-state index contributed by atoms with van der Waals surface area (Å²) in [4.78, 5) is 39.0. The van der Waals surface area contributed by atoms with E-state index < -0.39 is 0 Å². The molecule has 0 spiro atoms. The summed E-state index contributed by atoms with van der Waals surface area (Å²) < 4.78 is 0. The maximum atomic E-state index is 12.6. The van der Waals surface area contributed by atoms with Gasteiger partial charge in [0.2, 0.25) is 5.91 Å². The first kappa shape index (κ1) is 21.5. The van der Waals surface area contributed by atoms with Crippen LogP contribution >= 0.6 is 11.3 Å². The number of aryl methyl sites for hydroxylation is 2. The average Bonchev–Trinajstić information content (AvgIpc) is 3.03. The maximum Gasteiger partial charge on any atom is 0.259 e. The van der Waals surface area contributed by atoms with E-state index in [1.807, 2.05) is 18.7 Å². The van der Waals surface area contributed by atoms with Gasteiger partial charge in [-0.2, -0.15) is 0 Å². The van der Waals surface area contributed by atoms with Crippen LogP contribution in [0.4, 0.5) is 0 Å². The summed E-state index contributed by atoms with van der Waals surface area (Å²) in [7, 11) is 0. The van der Waals surface area contributed by atoms with Crippen LogP contribution in [0.15, 0.2) is 4.79 Å². The summed E-state index contributed by atoms with van der Waals surface area (Å²) in [5, 5.41) is 0.727. The molecular formula is C23H34N4O2S. The zero-order chi connectivity index (χ0) is 21.1. The smallest absolute Gasteiger partial charge is 0.259 e. The van der Waals surface area contributed by atoms with Crippen molar-refractivity contribution in [3.63, 3.8) is 0 Å². The Morgan fingerprint density at radius 2 is 1.87 bits per heavy atom. The number of nitrogens with zero attached hydrogens (tertiary/aromatic N) is 3. The standard InChI is InChI=1S/C23H34N4O2S/c1-16-17(2)30-23-21(16)22(29)24-19(25-23)15-26-11-13-27(14-12-26)20(28)10-6-9-18-7-4-3-5-8-18/h18H,3-15H2,1-2H3,(H,24,25,29). The molecule has 6 nitrogen and oxygen atoms in total. The van der Waals surface area contributed by atoms with E-state index in [0.717, 1.165) is 65.0 Å². The fourth-order valence-corrected chi connectivity index (χ4v) is 5.97. The van der Waals surface area contributed by atoms with Crippen molar-refractivity contribution in [2.24, 2.45) is 5.92 Å². The van der Waals surface area contributed by atoms with E-state index >= 15 is 0 Å². The number of aromatic nitrogens is 2. The van der Waals surface area contributed by atoms with E-state index in [2.05, 4.69) is 9.88 Å². The molecule has 2 aliphatic rings. The van der Waals surface area contributed by atoms with Crippen LogP contribution in [-0.2, 0) is 11.3 Å². The van der Waals surface area contributed by atoms with Gasteiger partial charge >= 0.3 is 0 Å². The quantitative estimate of drug-likeness (QED) is 0.752. The first-order valence-corrected chi connectivity index (χ1v) is 12.3. The Kier molecular flexibility index (Phi) is 6.88. The van der Waals surface area contributed by atoms with Crippen LogP contribution in [-0.4, -0.2) is 51.9 Å². The molecule has 2 aromatic heterocycles. The number of amides is 1. The van der Waals surface area contributed by atoms with Crippen LogP contribution < -0.4 is 5.56 Å². The highest BCUT2D eigenvalue weighted by atomic mass is 32.1. The van der Waals surface area contributed by atoms with Crippen molar-refractivity contribution in [2.75, 3.05) is 26.2 Å². The molecule has 164 valence electrons. The van der Waals surface area contributed by atoms with Gasteiger partial charge in [0, 0.05) is 37.5 Å². The van der Waals surface area contributed by atoms with Crippen LogP contribution in [0.5, 0.6) is 0 Å².